The van der Waals surface area contributed by atoms with Crippen LogP contribution >= 0.6 is 0 Å². The fourth-order valence-corrected chi connectivity index (χ4v) is 5.65. The van der Waals surface area contributed by atoms with E-state index in [9.17, 15) is 22.8 Å². The van der Waals surface area contributed by atoms with Gasteiger partial charge in [0, 0.05) is 29.5 Å². The number of Topliss-reactive ketones (excluding diaryl/α,β-unsaturated/α-hetero) is 1. The summed E-state index contributed by atoms with van der Waals surface area (Å²) in [6.07, 6.45) is -0.780. The molecule has 0 saturated carbocycles. The first-order valence-corrected chi connectivity index (χ1v) is 12.3. The topological polar surface area (TPSA) is 83.3 Å². The number of carbonyl (C=O) groups excluding carboxylic acids is 2. The van der Waals surface area contributed by atoms with Crippen LogP contribution in [0.3, 0.4) is 0 Å². The number of nitrogens with zero attached hydrogens (tertiary/aromatic N) is 3. The molecular formula is C27H28F3N3O4. The van der Waals surface area contributed by atoms with Gasteiger partial charge in [-0.3, -0.25) is 9.59 Å². The second-order valence-electron chi connectivity index (χ2n) is 10.3. The second-order valence-corrected chi connectivity index (χ2v) is 10.3. The summed E-state index contributed by atoms with van der Waals surface area (Å²) in [5, 5.41) is 0.773. The van der Waals surface area contributed by atoms with Crippen LogP contribution in [-0.4, -0.2) is 38.5 Å². The Hall–Kier alpha value is -3.27. The maximum atomic E-state index is 14.9. The number of carbonyl (C=O) groups is 2. The number of ketones is 1. The molecule has 2 aromatic heterocycles. The van der Waals surface area contributed by atoms with Crippen LogP contribution in [0.2, 0.25) is 0 Å². The molecule has 196 valence electrons. The number of ether oxygens (including phenoxy) is 2. The van der Waals surface area contributed by atoms with Gasteiger partial charge in [-0.2, -0.15) is 0 Å². The molecule has 5 rings (SSSR count). The molecule has 1 unspecified atom stereocenters. The van der Waals surface area contributed by atoms with Crippen LogP contribution in [0.1, 0.15) is 79.0 Å². The van der Waals surface area contributed by atoms with Crippen LogP contribution < -0.4 is 0 Å². The van der Waals surface area contributed by atoms with Crippen molar-refractivity contribution in [2.45, 2.75) is 78.2 Å². The molecule has 10 heteroatoms. The van der Waals surface area contributed by atoms with Crippen molar-refractivity contribution >= 4 is 22.8 Å². The van der Waals surface area contributed by atoms with E-state index in [0.29, 0.717) is 30.5 Å². The Kier molecular flexibility index (Phi) is 6.34. The Bertz CT molecular complexity index is 1400. The van der Waals surface area contributed by atoms with Gasteiger partial charge < -0.3 is 14.0 Å². The number of aryl methyl sites for hydroxylation is 1. The SMILES string of the molecule is CC(=O)OC1[C@H](n2ccc3c(C)ncnc32)O[C@H](C(=O)c2cc(C(F)F)c(F)c3c2CCCC3)C1(C)C. The van der Waals surface area contributed by atoms with Gasteiger partial charge in [0.15, 0.2) is 18.1 Å². The number of hydrogen-bond donors (Lipinski definition) is 0. The minimum atomic E-state index is -3.06. The van der Waals surface area contributed by atoms with Crippen LogP contribution in [0.15, 0.2) is 24.7 Å². The minimum Gasteiger partial charge on any atom is -0.457 e. The second kappa shape index (κ2) is 9.24. The van der Waals surface area contributed by atoms with E-state index < -0.39 is 53.4 Å². The van der Waals surface area contributed by atoms with Gasteiger partial charge in [-0.05, 0) is 55.9 Å². The third-order valence-corrected chi connectivity index (χ3v) is 7.57. The summed E-state index contributed by atoms with van der Waals surface area (Å²) in [4.78, 5) is 34.7. The smallest absolute Gasteiger partial charge is 0.303 e. The molecule has 7 nitrogen and oxygen atoms in total. The molecule has 0 amide bonds. The Labute approximate surface area is 212 Å². The van der Waals surface area contributed by atoms with Crippen molar-refractivity contribution in [3.63, 3.8) is 0 Å². The van der Waals surface area contributed by atoms with Crippen molar-refractivity contribution in [1.29, 1.82) is 0 Å². The van der Waals surface area contributed by atoms with E-state index in [0.717, 1.165) is 23.6 Å². The van der Waals surface area contributed by atoms with E-state index in [1.165, 1.54) is 13.3 Å². The molecule has 0 radical (unpaired) electrons. The Morgan fingerprint density at radius 1 is 1.19 bits per heavy atom. The highest BCUT2D eigenvalue weighted by Crippen LogP contribution is 2.48. The highest BCUT2D eigenvalue weighted by molar-refractivity contribution is 6.02. The molecular weight excluding hydrogens is 487 g/mol. The number of alkyl halides is 2. The van der Waals surface area contributed by atoms with Crippen LogP contribution in [0, 0.1) is 18.2 Å². The van der Waals surface area contributed by atoms with E-state index >= 15 is 0 Å². The lowest BCUT2D eigenvalue weighted by molar-refractivity contribution is -0.155. The molecule has 0 spiro atoms. The van der Waals surface area contributed by atoms with Gasteiger partial charge in [-0.1, -0.05) is 13.8 Å². The average Bonchev–Trinajstić information content (AvgIpc) is 3.38. The van der Waals surface area contributed by atoms with Crippen molar-refractivity contribution in [2.24, 2.45) is 5.41 Å². The summed E-state index contributed by atoms with van der Waals surface area (Å²) in [6, 6.07) is 2.79. The summed E-state index contributed by atoms with van der Waals surface area (Å²) in [5.74, 6) is -2.02. The van der Waals surface area contributed by atoms with E-state index in [1.54, 1.807) is 24.6 Å². The molecule has 3 aromatic rings. The molecule has 2 aliphatic rings. The zero-order valence-electron chi connectivity index (χ0n) is 21.1. The molecule has 3 atom stereocenters. The van der Waals surface area contributed by atoms with Gasteiger partial charge in [0.1, 0.15) is 23.9 Å². The number of rotatable bonds is 5. The summed E-state index contributed by atoms with van der Waals surface area (Å²) in [7, 11) is 0. The van der Waals surface area contributed by atoms with Crippen molar-refractivity contribution in [1.82, 2.24) is 14.5 Å². The fourth-order valence-electron chi connectivity index (χ4n) is 5.65. The number of halogens is 3. The number of aromatic nitrogens is 3. The first-order valence-electron chi connectivity index (χ1n) is 12.3. The molecule has 3 heterocycles. The number of benzene rings is 1. The summed E-state index contributed by atoms with van der Waals surface area (Å²) in [6.45, 7) is 6.58. The molecule has 0 N–H and O–H groups in total. The van der Waals surface area contributed by atoms with E-state index in [-0.39, 0.29) is 11.1 Å². The Balaban J connectivity index is 1.62. The van der Waals surface area contributed by atoms with Gasteiger partial charge in [0.25, 0.3) is 6.43 Å². The van der Waals surface area contributed by atoms with Gasteiger partial charge in [0.05, 0.1) is 11.3 Å². The fraction of sp³-hybridized carbons (Fsp3) is 0.481. The molecule has 1 aromatic carbocycles. The molecule has 37 heavy (non-hydrogen) atoms. The third-order valence-electron chi connectivity index (χ3n) is 7.57. The van der Waals surface area contributed by atoms with E-state index in [4.69, 9.17) is 9.47 Å². The van der Waals surface area contributed by atoms with Crippen molar-refractivity contribution in [3.05, 3.63) is 58.4 Å². The Morgan fingerprint density at radius 2 is 1.89 bits per heavy atom. The first kappa shape index (κ1) is 25.4. The number of fused-ring (bicyclic) bond motifs is 2. The highest BCUT2D eigenvalue weighted by atomic mass is 19.3. The molecule has 0 bridgehead atoms. The lowest BCUT2D eigenvalue weighted by Crippen LogP contribution is -2.41. The van der Waals surface area contributed by atoms with Gasteiger partial charge in [-0.15, -0.1) is 0 Å². The maximum absolute atomic E-state index is 14.9. The summed E-state index contributed by atoms with van der Waals surface area (Å²) >= 11 is 0. The van der Waals surface area contributed by atoms with Gasteiger partial charge >= 0.3 is 5.97 Å². The zero-order valence-corrected chi connectivity index (χ0v) is 21.1. The lowest BCUT2D eigenvalue weighted by atomic mass is 9.77. The minimum absolute atomic E-state index is 0.0437. The Morgan fingerprint density at radius 3 is 2.57 bits per heavy atom. The summed E-state index contributed by atoms with van der Waals surface area (Å²) in [5.41, 5.74) is 0.138. The third kappa shape index (κ3) is 4.11. The molecule has 1 aliphatic heterocycles. The van der Waals surface area contributed by atoms with Crippen molar-refractivity contribution < 1.29 is 32.2 Å². The number of esters is 1. The van der Waals surface area contributed by atoms with E-state index in [2.05, 4.69) is 9.97 Å². The molecule has 1 fully saturated rings. The maximum Gasteiger partial charge on any atom is 0.303 e. The van der Waals surface area contributed by atoms with Crippen LogP contribution in [0.25, 0.3) is 11.0 Å². The van der Waals surface area contributed by atoms with Crippen LogP contribution in [0.4, 0.5) is 13.2 Å². The predicted octanol–water partition coefficient (Wildman–Crippen LogP) is 5.43. The van der Waals surface area contributed by atoms with Gasteiger partial charge in [-0.25, -0.2) is 23.1 Å². The van der Waals surface area contributed by atoms with Gasteiger partial charge in [0.2, 0.25) is 0 Å². The van der Waals surface area contributed by atoms with Crippen molar-refractivity contribution in [3.8, 4) is 0 Å². The molecule has 1 saturated heterocycles. The highest BCUT2D eigenvalue weighted by Gasteiger charge is 2.57. The van der Waals surface area contributed by atoms with Crippen LogP contribution in [0.5, 0.6) is 0 Å². The summed E-state index contributed by atoms with van der Waals surface area (Å²) < 4.78 is 56.1. The zero-order chi connectivity index (χ0) is 26.6. The monoisotopic (exact) mass is 515 g/mol. The lowest BCUT2D eigenvalue weighted by Gasteiger charge is -2.31. The predicted molar refractivity (Wildman–Crippen MR) is 128 cm³/mol. The number of hydrogen-bond acceptors (Lipinski definition) is 6. The van der Waals surface area contributed by atoms with Crippen molar-refractivity contribution in [2.75, 3.05) is 0 Å². The van der Waals surface area contributed by atoms with Crippen LogP contribution in [-0.2, 0) is 27.1 Å². The quantitative estimate of drug-likeness (QED) is 0.333. The first-order chi connectivity index (χ1) is 17.5. The normalized spacial score (nSPS) is 22.9. The standard InChI is InChI=1S/C27H28F3N3O4/c1-13-15-9-10-33(25(15)32-12-31-13)26-23(36-14(2)34)27(3,4)22(37-26)21(35)18-11-19(24(29)30)20(28)17-8-6-5-7-16(17)18/h9-12,22-24,26H,5-8H2,1-4H3/t22-,23?,26-/m1/s1. The van der Waals surface area contributed by atoms with E-state index in [1.807, 2.05) is 13.0 Å². The average molecular weight is 516 g/mol. The largest absolute Gasteiger partial charge is 0.457 e. The molecule has 1 aliphatic carbocycles.